The van der Waals surface area contributed by atoms with Crippen molar-refractivity contribution in [2.45, 2.75) is 0 Å². The zero-order chi connectivity index (χ0) is 15.4. The molecule has 2 rings (SSSR count). The van der Waals surface area contributed by atoms with Gasteiger partial charge in [-0.05, 0) is 46.3 Å². The van der Waals surface area contributed by atoms with Gasteiger partial charge in [0.15, 0.2) is 6.61 Å². The average Bonchev–Trinajstić information content (AvgIpc) is 2.44. The summed E-state index contributed by atoms with van der Waals surface area (Å²) < 4.78 is 18.9. The Morgan fingerprint density at radius 1 is 1.33 bits per heavy atom. The normalized spacial score (nSPS) is 10.2. The van der Waals surface area contributed by atoms with Gasteiger partial charge < -0.3 is 15.8 Å². The van der Waals surface area contributed by atoms with E-state index in [1.165, 1.54) is 18.2 Å². The van der Waals surface area contributed by atoms with Crippen molar-refractivity contribution >= 4 is 44.8 Å². The first-order valence-corrected chi connectivity index (χ1v) is 7.05. The molecular weight excluding hydrogens is 363 g/mol. The zero-order valence-corrected chi connectivity index (χ0v) is 13.0. The molecule has 1 amide bonds. The molecule has 21 heavy (non-hydrogen) atoms. The largest absolute Gasteiger partial charge is 0.482 e. The molecule has 7 heteroatoms. The fourth-order valence-electron chi connectivity index (χ4n) is 1.55. The number of carbonyl (C=O) groups is 1. The maximum absolute atomic E-state index is 13.1. The molecule has 0 fully saturated rings. The fraction of sp³-hybridized carbons (Fsp3) is 0.0714. The average molecular weight is 374 g/mol. The molecular formula is C14H11BrClFN2O2. The molecule has 4 nitrogen and oxygen atoms in total. The number of amides is 1. The molecule has 0 aliphatic carbocycles. The Labute approximate surface area is 134 Å². The topological polar surface area (TPSA) is 64.3 Å². The third-order valence-corrected chi connectivity index (χ3v) is 3.53. The summed E-state index contributed by atoms with van der Waals surface area (Å²) in [6, 6.07) is 8.72. The van der Waals surface area contributed by atoms with Crippen LogP contribution in [0.4, 0.5) is 15.8 Å². The molecule has 0 spiro atoms. The molecule has 0 atom stereocenters. The second-order valence-corrected chi connectivity index (χ2v) is 5.41. The lowest BCUT2D eigenvalue weighted by atomic mass is 10.3. The third kappa shape index (κ3) is 4.34. The first kappa shape index (κ1) is 15.6. The highest BCUT2D eigenvalue weighted by atomic mass is 79.9. The Kier molecular flexibility index (Phi) is 5.03. The second kappa shape index (κ2) is 6.78. The minimum Gasteiger partial charge on any atom is -0.482 e. The van der Waals surface area contributed by atoms with Crippen LogP contribution >= 0.6 is 27.5 Å². The number of ether oxygens (including phenoxy) is 1. The summed E-state index contributed by atoms with van der Waals surface area (Å²) in [5.41, 5.74) is 6.50. The van der Waals surface area contributed by atoms with Crippen LogP contribution in [-0.4, -0.2) is 12.5 Å². The second-order valence-electron chi connectivity index (χ2n) is 4.15. The molecule has 0 aliphatic heterocycles. The third-order valence-electron chi connectivity index (χ3n) is 2.53. The smallest absolute Gasteiger partial charge is 0.262 e. The van der Waals surface area contributed by atoms with Crippen LogP contribution in [-0.2, 0) is 4.79 Å². The van der Waals surface area contributed by atoms with E-state index in [1.807, 2.05) is 0 Å². The van der Waals surface area contributed by atoms with Crippen LogP contribution in [0.3, 0.4) is 0 Å². The lowest BCUT2D eigenvalue weighted by Crippen LogP contribution is -2.20. The molecule has 0 heterocycles. The van der Waals surface area contributed by atoms with E-state index < -0.39 is 11.7 Å². The van der Waals surface area contributed by atoms with Crippen molar-refractivity contribution in [1.29, 1.82) is 0 Å². The van der Waals surface area contributed by atoms with E-state index in [0.29, 0.717) is 20.9 Å². The number of nitrogen functional groups attached to an aromatic ring is 1. The Morgan fingerprint density at radius 3 is 2.81 bits per heavy atom. The molecule has 2 aromatic rings. The standard InChI is InChI=1S/C14H11BrClFN2O2/c15-10-3-1-8(17)5-13(10)21-7-14(20)19-9-2-4-11(16)12(18)6-9/h1-6H,7,18H2,(H,19,20). The first-order chi connectivity index (χ1) is 9.95. The first-order valence-electron chi connectivity index (χ1n) is 5.88. The predicted molar refractivity (Wildman–Crippen MR) is 84.1 cm³/mol. The molecule has 110 valence electrons. The monoisotopic (exact) mass is 372 g/mol. The van der Waals surface area contributed by atoms with Gasteiger partial charge in [0.1, 0.15) is 11.6 Å². The summed E-state index contributed by atoms with van der Waals surface area (Å²) >= 11 is 9.00. The SMILES string of the molecule is Nc1cc(NC(=O)COc2cc(F)ccc2Br)ccc1Cl. The highest BCUT2D eigenvalue weighted by Gasteiger charge is 2.08. The van der Waals surface area contributed by atoms with Gasteiger partial charge in [0, 0.05) is 11.8 Å². The Bertz CT molecular complexity index is 682. The Morgan fingerprint density at radius 2 is 2.10 bits per heavy atom. The Balaban J connectivity index is 1.95. The predicted octanol–water partition coefficient (Wildman–Crippen LogP) is 3.84. The van der Waals surface area contributed by atoms with E-state index in [1.54, 1.807) is 18.2 Å². The van der Waals surface area contributed by atoms with E-state index in [4.69, 9.17) is 22.1 Å². The Hall–Kier alpha value is -1.79. The maximum Gasteiger partial charge on any atom is 0.262 e. The van der Waals surface area contributed by atoms with Crippen molar-refractivity contribution < 1.29 is 13.9 Å². The molecule has 0 saturated heterocycles. The lowest BCUT2D eigenvalue weighted by molar-refractivity contribution is -0.118. The fourth-order valence-corrected chi connectivity index (χ4v) is 2.03. The number of nitrogens with two attached hydrogens (primary N) is 1. The summed E-state index contributed by atoms with van der Waals surface area (Å²) in [6.45, 7) is -0.259. The maximum atomic E-state index is 13.1. The number of rotatable bonds is 4. The van der Waals surface area contributed by atoms with Gasteiger partial charge in [-0.2, -0.15) is 0 Å². The summed E-state index contributed by atoms with van der Waals surface area (Å²) in [4.78, 5) is 11.8. The van der Waals surface area contributed by atoms with Crippen LogP contribution < -0.4 is 15.8 Å². The van der Waals surface area contributed by atoms with Gasteiger partial charge in [-0.3, -0.25) is 4.79 Å². The molecule has 0 bridgehead atoms. The van der Waals surface area contributed by atoms with E-state index in [9.17, 15) is 9.18 Å². The zero-order valence-electron chi connectivity index (χ0n) is 10.7. The van der Waals surface area contributed by atoms with Crippen LogP contribution in [0, 0.1) is 5.82 Å². The van der Waals surface area contributed by atoms with Gasteiger partial charge in [0.25, 0.3) is 5.91 Å². The molecule has 0 saturated carbocycles. The van der Waals surface area contributed by atoms with E-state index in [-0.39, 0.29) is 12.4 Å². The van der Waals surface area contributed by atoms with Crippen LogP contribution in [0.2, 0.25) is 5.02 Å². The van der Waals surface area contributed by atoms with E-state index >= 15 is 0 Å². The van der Waals surface area contributed by atoms with Crippen LogP contribution in [0.15, 0.2) is 40.9 Å². The van der Waals surface area contributed by atoms with Gasteiger partial charge >= 0.3 is 0 Å². The van der Waals surface area contributed by atoms with Gasteiger partial charge in [-0.15, -0.1) is 0 Å². The molecule has 0 aromatic heterocycles. The number of carbonyl (C=O) groups excluding carboxylic acids is 1. The number of hydrogen-bond acceptors (Lipinski definition) is 3. The molecule has 3 N–H and O–H groups in total. The van der Waals surface area contributed by atoms with Crippen molar-refractivity contribution in [1.82, 2.24) is 0 Å². The van der Waals surface area contributed by atoms with Crippen molar-refractivity contribution in [3.05, 3.63) is 51.7 Å². The van der Waals surface area contributed by atoms with Crippen molar-refractivity contribution in [3.8, 4) is 5.75 Å². The number of halogens is 3. The number of nitrogens with one attached hydrogen (secondary N) is 1. The molecule has 0 aliphatic rings. The van der Waals surface area contributed by atoms with Crippen molar-refractivity contribution in [2.75, 3.05) is 17.7 Å². The quantitative estimate of drug-likeness (QED) is 0.800. The number of benzene rings is 2. The van der Waals surface area contributed by atoms with Crippen LogP contribution in [0.1, 0.15) is 0 Å². The lowest BCUT2D eigenvalue weighted by Gasteiger charge is -2.09. The highest BCUT2D eigenvalue weighted by Crippen LogP contribution is 2.25. The number of anilines is 2. The van der Waals surface area contributed by atoms with Crippen LogP contribution in [0.25, 0.3) is 0 Å². The van der Waals surface area contributed by atoms with Crippen molar-refractivity contribution in [2.24, 2.45) is 0 Å². The molecule has 0 radical (unpaired) electrons. The van der Waals surface area contributed by atoms with Gasteiger partial charge in [0.05, 0.1) is 15.2 Å². The van der Waals surface area contributed by atoms with E-state index in [2.05, 4.69) is 21.2 Å². The summed E-state index contributed by atoms with van der Waals surface area (Å²) in [6.07, 6.45) is 0. The summed E-state index contributed by atoms with van der Waals surface area (Å²) in [5.74, 6) is -0.590. The van der Waals surface area contributed by atoms with Crippen LogP contribution in [0.5, 0.6) is 5.75 Å². The molecule has 2 aromatic carbocycles. The summed E-state index contributed by atoms with van der Waals surface area (Å²) in [5, 5.41) is 3.01. The van der Waals surface area contributed by atoms with Gasteiger partial charge in [-0.25, -0.2) is 4.39 Å². The number of hydrogen-bond donors (Lipinski definition) is 2. The minimum absolute atomic E-state index is 0.251. The van der Waals surface area contributed by atoms with Gasteiger partial charge in [0.2, 0.25) is 0 Å². The summed E-state index contributed by atoms with van der Waals surface area (Å²) in [7, 11) is 0. The minimum atomic E-state index is -0.445. The molecule has 0 unspecified atom stereocenters. The van der Waals surface area contributed by atoms with Crippen molar-refractivity contribution in [3.63, 3.8) is 0 Å². The highest BCUT2D eigenvalue weighted by molar-refractivity contribution is 9.10. The van der Waals surface area contributed by atoms with E-state index in [0.717, 1.165) is 0 Å². The van der Waals surface area contributed by atoms with Gasteiger partial charge in [-0.1, -0.05) is 11.6 Å².